The highest BCUT2D eigenvalue weighted by Gasteiger charge is 2.20. The van der Waals surface area contributed by atoms with Gasteiger partial charge in [-0.1, -0.05) is 17.7 Å². The van der Waals surface area contributed by atoms with E-state index in [2.05, 4.69) is 28.4 Å². The SMILES string of the molecule is Clc1cc(N2CCCOCC2)ccc1CNC1CC1. The molecule has 1 aromatic rings. The van der Waals surface area contributed by atoms with Gasteiger partial charge < -0.3 is 15.0 Å². The van der Waals surface area contributed by atoms with Crippen molar-refractivity contribution in [1.29, 1.82) is 0 Å². The predicted molar refractivity (Wildman–Crippen MR) is 79.0 cm³/mol. The Morgan fingerprint density at radius 1 is 1.26 bits per heavy atom. The number of hydrogen-bond acceptors (Lipinski definition) is 3. The molecule has 2 aliphatic rings. The highest BCUT2D eigenvalue weighted by atomic mass is 35.5. The van der Waals surface area contributed by atoms with E-state index in [4.69, 9.17) is 16.3 Å². The Morgan fingerprint density at radius 3 is 2.95 bits per heavy atom. The summed E-state index contributed by atoms with van der Waals surface area (Å²) in [4.78, 5) is 2.36. The van der Waals surface area contributed by atoms with Gasteiger partial charge in [-0.25, -0.2) is 0 Å². The van der Waals surface area contributed by atoms with Crippen LogP contribution in [0.1, 0.15) is 24.8 Å². The van der Waals surface area contributed by atoms with E-state index in [1.807, 2.05) is 0 Å². The third-order valence-electron chi connectivity index (χ3n) is 3.78. The van der Waals surface area contributed by atoms with Crippen molar-refractivity contribution in [3.05, 3.63) is 28.8 Å². The molecule has 0 radical (unpaired) electrons. The lowest BCUT2D eigenvalue weighted by molar-refractivity contribution is 0.152. The number of benzene rings is 1. The van der Waals surface area contributed by atoms with Crippen molar-refractivity contribution in [2.24, 2.45) is 0 Å². The second-order valence-electron chi connectivity index (χ2n) is 5.38. The molecular weight excluding hydrogens is 260 g/mol. The summed E-state index contributed by atoms with van der Waals surface area (Å²) in [5.41, 5.74) is 2.41. The van der Waals surface area contributed by atoms with Gasteiger partial charge in [-0.05, 0) is 37.0 Å². The minimum absolute atomic E-state index is 0.721. The van der Waals surface area contributed by atoms with Crippen LogP contribution in [0.3, 0.4) is 0 Å². The van der Waals surface area contributed by atoms with Gasteiger partial charge in [0.25, 0.3) is 0 Å². The van der Waals surface area contributed by atoms with Crippen LogP contribution in [0.15, 0.2) is 18.2 Å². The number of nitrogens with one attached hydrogen (secondary N) is 1. The molecule has 104 valence electrons. The van der Waals surface area contributed by atoms with Crippen molar-refractivity contribution in [3.63, 3.8) is 0 Å². The molecule has 1 aliphatic carbocycles. The molecule has 1 saturated carbocycles. The van der Waals surface area contributed by atoms with Gasteiger partial charge in [-0.15, -0.1) is 0 Å². The Kier molecular flexibility index (Phi) is 4.26. The van der Waals surface area contributed by atoms with E-state index < -0.39 is 0 Å². The highest BCUT2D eigenvalue weighted by Crippen LogP contribution is 2.26. The fraction of sp³-hybridized carbons (Fsp3) is 0.600. The summed E-state index contributed by atoms with van der Waals surface area (Å²) in [6.45, 7) is 4.56. The van der Waals surface area contributed by atoms with Gasteiger partial charge in [0, 0.05) is 43.0 Å². The number of ether oxygens (including phenoxy) is 1. The lowest BCUT2D eigenvalue weighted by Gasteiger charge is -2.22. The summed E-state index contributed by atoms with van der Waals surface area (Å²) in [7, 11) is 0. The number of hydrogen-bond donors (Lipinski definition) is 1. The van der Waals surface area contributed by atoms with Crippen LogP contribution in [0, 0.1) is 0 Å². The fourth-order valence-corrected chi connectivity index (χ4v) is 2.66. The maximum absolute atomic E-state index is 6.40. The van der Waals surface area contributed by atoms with Gasteiger partial charge in [-0.3, -0.25) is 0 Å². The molecule has 1 aromatic carbocycles. The molecule has 3 rings (SSSR count). The van der Waals surface area contributed by atoms with E-state index in [0.717, 1.165) is 50.3 Å². The number of rotatable bonds is 4. The van der Waals surface area contributed by atoms with Crippen LogP contribution in [-0.2, 0) is 11.3 Å². The van der Waals surface area contributed by atoms with Crippen molar-refractivity contribution in [1.82, 2.24) is 5.32 Å². The Morgan fingerprint density at radius 2 is 2.16 bits per heavy atom. The van der Waals surface area contributed by atoms with Crippen LogP contribution in [0.5, 0.6) is 0 Å². The minimum Gasteiger partial charge on any atom is -0.380 e. The average Bonchev–Trinajstić information content (AvgIpc) is 3.24. The van der Waals surface area contributed by atoms with Crippen molar-refractivity contribution < 1.29 is 4.74 Å². The van der Waals surface area contributed by atoms with E-state index in [-0.39, 0.29) is 0 Å². The zero-order chi connectivity index (χ0) is 13.1. The number of anilines is 1. The van der Waals surface area contributed by atoms with Gasteiger partial charge in [0.1, 0.15) is 0 Å². The summed E-state index contributed by atoms with van der Waals surface area (Å²) >= 11 is 6.40. The first kappa shape index (κ1) is 13.2. The zero-order valence-corrected chi connectivity index (χ0v) is 12.0. The molecule has 0 amide bonds. The lowest BCUT2D eigenvalue weighted by atomic mass is 10.2. The first-order chi connectivity index (χ1) is 9.33. The van der Waals surface area contributed by atoms with Gasteiger partial charge in [0.05, 0.1) is 6.61 Å². The molecule has 1 saturated heterocycles. The molecule has 0 unspecified atom stereocenters. The minimum atomic E-state index is 0.721. The molecule has 0 spiro atoms. The van der Waals surface area contributed by atoms with Crippen molar-refractivity contribution >= 4 is 17.3 Å². The quantitative estimate of drug-likeness (QED) is 0.918. The monoisotopic (exact) mass is 280 g/mol. The Bertz CT molecular complexity index is 426. The first-order valence-electron chi connectivity index (χ1n) is 7.17. The molecule has 1 N–H and O–H groups in total. The lowest BCUT2D eigenvalue weighted by Crippen LogP contribution is -2.25. The predicted octanol–water partition coefficient (Wildman–Crippen LogP) is 2.82. The molecule has 1 heterocycles. The number of halogens is 1. The molecule has 1 aliphatic heterocycles. The van der Waals surface area contributed by atoms with Crippen molar-refractivity contribution in [2.45, 2.75) is 31.8 Å². The molecule has 0 aromatic heterocycles. The summed E-state index contributed by atoms with van der Waals surface area (Å²) in [6.07, 6.45) is 3.70. The van der Waals surface area contributed by atoms with Crippen LogP contribution >= 0.6 is 11.6 Å². The van der Waals surface area contributed by atoms with E-state index in [0.29, 0.717) is 0 Å². The standard InChI is InChI=1S/C15H21ClN2O/c16-15-10-14(18-6-1-8-19-9-7-18)5-2-12(15)11-17-13-3-4-13/h2,5,10,13,17H,1,3-4,6-9,11H2. The zero-order valence-electron chi connectivity index (χ0n) is 11.2. The smallest absolute Gasteiger partial charge is 0.0641 e. The molecule has 4 heteroatoms. The highest BCUT2D eigenvalue weighted by molar-refractivity contribution is 6.31. The number of nitrogens with zero attached hydrogens (tertiary/aromatic N) is 1. The molecular formula is C15H21ClN2O. The fourth-order valence-electron chi connectivity index (χ4n) is 2.42. The topological polar surface area (TPSA) is 24.5 Å². The van der Waals surface area contributed by atoms with Crippen LogP contribution in [0.4, 0.5) is 5.69 Å². The third kappa shape index (κ3) is 3.62. The first-order valence-corrected chi connectivity index (χ1v) is 7.55. The van der Waals surface area contributed by atoms with Gasteiger partial charge in [-0.2, -0.15) is 0 Å². The van der Waals surface area contributed by atoms with Crippen molar-refractivity contribution in [2.75, 3.05) is 31.2 Å². The van der Waals surface area contributed by atoms with Crippen molar-refractivity contribution in [3.8, 4) is 0 Å². The maximum atomic E-state index is 6.40. The van der Waals surface area contributed by atoms with Gasteiger partial charge in [0.15, 0.2) is 0 Å². The summed E-state index contributed by atoms with van der Waals surface area (Å²) in [6, 6.07) is 7.15. The van der Waals surface area contributed by atoms with Crippen LogP contribution in [-0.4, -0.2) is 32.3 Å². The summed E-state index contributed by atoms with van der Waals surface area (Å²) in [5, 5.41) is 4.38. The summed E-state index contributed by atoms with van der Waals surface area (Å²) < 4.78 is 5.49. The van der Waals surface area contributed by atoms with E-state index in [1.54, 1.807) is 0 Å². The van der Waals surface area contributed by atoms with Gasteiger partial charge >= 0.3 is 0 Å². The second kappa shape index (κ2) is 6.12. The Balaban J connectivity index is 1.66. The maximum Gasteiger partial charge on any atom is 0.0641 e. The van der Waals surface area contributed by atoms with Crippen LogP contribution in [0.2, 0.25) is 5.02 Å². The molecule has 19 heavy (non-hydrogen) atoms. The Labute approximate surface area is 119 Å². The van der Waals surface area contributed by atoms with E-state index >= 15 is 0 Å². The van der Waals surface area contributed by atoms with E-state index in [1.165, 1.54) is 24.1 Å². The van der Waals surface area contributed by atoms with Gasteiger partial charge in [0.2, 0.25) is 0 Å². The van der Waals surface area contributed by atoms with E-state index in [9.17, 15) is 0 Å². The third-order valence-corrected chi connectivity index (χ3v) is 4.13. The largest absolute Gasteiger partial charge is 0.380 e. The Hall–Kier alpha value is -0.770. The summed E-state index contributed by atoms with van der Waals surface area (Å²) in [5.74, 6) is 0. The average molecular weight is 281 g/mol. The molecule has 2 fully saturated rings. The molecule has 0 atom stereocenters. The molecule has 3 nitrogen and oxygen atoms in total. The van der Waals surface area contributed by atoms with Crippen LogP contribution < -0.4 is 10.2 Å². The van der Waals surface area contributed by atoms with Crippen LogP contribution in [0.25, 0.3) is 0 Å². The normalized spacial score (nSPS) is 20.4. The molecule has 0 bridgehead atoms. The second-order valence-corrected chi connectivity index (χ2v) is 5.79.